The van der Waals surface area contributed by atoms with E-state index in [9.17, 15) is 14.7 Å². The quantitative estimate of drug-likeness (QED) is 0.259. The lowest BCUT2D eigenvalue weighted by atomic mass is 9.94. The van der Waals surface area contributed by atoms with Gasteiger partial charge in [0, 0.05) is 11.8 Å². The number of aliphatic hydroxyl groups is 1. The summed E-state index contributed by atoms with van der Waals surface area (Å²) in [5.74, 6) is -0.320. The van der Waals surface area contributed by atoms with Crippen LogP contribution in [0.1, 0.15) is 36.6 Å². The van der Waals surface area contributed by atoms with Gasteiger partial charge < -0.3 is 19.3 Å². The number of benzene rings is 3. The third kappa shape index (κ3) is 4.52. The summed E-state index contributed by atoms with van der Waals surface area (Å²) in [6.45, 7) is 6.37. The van der Waals surface area contributed by atoms with Crippen LogP contribution in [0.5, 0.6) is 17.2 Å². The van der Waals surface area contributed by atoms with E-state index in [4.69, 9.17) is 14.2 Å². The number of para-hydroxylation sites is 1. The number of Topliss-reactive ketones (excluding diaryl/α,β-unsaturated/α-hetero) is 1. The van der Waals surface area contributed by atoms with Crippen molar-refractivity contribution in [1.82, 2.24) is 0 Å². The molecule has 0 radical (unpaired) electrons. The zero-order chi connectivity index (χ0) is 25.8. The maximum absolute atomic E-state index is 13.5. The predicted octanol–water partition coefficient (Wildman–Crippen LogP) is 5.43. The van der Waals surface area contributed by atoms with Crippen molar-refractivity contribution in [1.29, 1.82) is 0 Å². The molecule has 0 saturated carbocycles. The molecule has 1 aliphatic heterocycles. The Labute approximate surface area is 210 Å². The summed E-state index contributed by atoms with van der Waals surface area (Å²) < 4.78 is 16.7. The molecule has 3 aromatic carbocycles. The highest BCUT2D eigenvalue weighted by Gasteiger charge is 2.47. The van der Waals surface area contributed by atoms with Gasteiger partial charge in [-0.15, -0.1) is 0 Å². The highest BCUT2D eigenvalue weighted by atomic mass is 16.5. The van der Waals surface area contributed by atoms with Crippen molar-refractivity contribution < 1.29 is 28.9 Å². The largest absolute Gasteiger partial charge is 0.507 e. The van der Waals surface area contributed by atoms with Crippen molar-refractivity contribution in [3.05, 3.63) is 89.0 Å². The molecule has 1 heterocycles. The van der Waals surface area contributed by atoms with Crippen LogP contribution in [0, 0.1) is 6.92 Å². The standard InChI is InChI=1S/C29H29NO6/c1-5-35-21-14-15-22(24(17-21)36-6-2)27(31)25-26(19-11-9-12-20(16-19)34-4)30(29(33)28(25)32)23-13-8-7-10-18(23)3/h7-17,26,31H,5-6H2,1-4H3/b27-25-. The number of hydrogen-bond donors (Lipinski definition) is 1. The summed E-state index contributed by atoms with van der Waals surface area (Å²) in [5.41, 5.74) is 2.31. The molecule has 0 aromatic heterocycles. The number of hydrogen-bond acceptors (Lipinski definition) is 6. The van der Waals surface area contributed by atoms with Gasteiger partial charge in [-0.2, -0.15) is 0 Å². The second-order valence-electron chi connectivity index (χ2n) is 8.26. The number of aliphatic hydroxyl groups excluding tert-OH is 1. The molecule has 1 amide bonds. The zero-order valence-corrected chi connectivity index (χ0v) is 20.8. The third-order valence-electron chi connectivity index (χ3n) is 6.05. The van der Waals surface area contributed by atoms with Crippen LogP contribution in [-0.2, 0) is 9.59 Å². The molecule has 1 saturated heterocycles. The molecular weight excluding hydrogens is 458 g/mol. The molecular formula is C29H29NO6. The number of methoxy groups -OCH3 is 1. The van der Waals surface area contributed by atoms with Crippen LogP contribution < -0.4 is 19.1 Å². The molecule has 1 aliphatic rings. The number of anilines is 1. The highest BCUT2D eigenvalue weighted by molar-refractivity contribution is 6.51. The maximum Gasteiger partial charge on any atom is 0.300 e. The van der Waals surface area contributed by atoms with Gasteiger partial charge in [0.05, 0.1) is 37.5 Å². The Bertz CT molecular complexity index is 1330. The van der Waals surface area contributed by atoms with Gasteiger partial charge in [0.25, 0.3) is 11.7 Å². The van der Waals surface area contributed by atoms with E-state index in [0.29, 0.717) is 47.3 Å². The Balaban J connectivity index is 1.97. The SMILES string of the molecule is CCOc1ccc(/C(O)=C2/C(=O)C(=O)N(c3ccccc3C)C2c2cccc(OC)c2)c(OCC)c1. The highest BCUT2D eigenvalue weighted by Crippen LogP contribution is 2.45. The van der Waals surface area contributed by atoms with Crippen molar-refractivity contribution in [3.8, 4) is 17.2 Å². The Hall–Kier alpha value is -4.26. The maximum atomic E-state index is 13.5. The molecule has 1 unspecified atom stereocenters. The van der Waals surface area contributed by atoms with Crippen molar-refractivity contribution in [2.45, 2.75) is 26.8 Å². The third-order valence-corrected chi connectivity index (χ3v) is 6.05. The normalized spacial score (nSPS) is 16.8. The second-order valence-corrected chi connectivity index (χ2v) is 8.26. The fourth-order valence-corrected chi connectivity index (χ4v) is 4.42. The molecule has 0 aliphatic carbocycles. The van der Waals surface area contributed by atoms with Crippen LogP contribution in [-0.4, -0.2) is 37.1 Å². The molecule has 4 rings (SSSR count). The lowest BCUT2D eigenvalue weighted by Gasteiger charge is -2.27. The number of amides is 1. The van der Waals surface area contributed by atoms with Crippen LogP contribution in [0.4, 0.5) is 5.69 Å². The van der Waals surface area contributed by atoms with E-state index in [1.54, 1.807) is 55.6 Å². The van der Waals surface area contributed by atoms with E-state index in [1.165, 1.54) is 4.90 Å². The van der Waals surface area contributed by atoms with Crippen LogP contribution in [0.15, 0.2) is 72.3 Å². The number of nitrogens with zero attached hydrogens (tertiary/aromatic N) is 1. The van der Waals surface area contributed by atoms with Gasteiger partial charge in [0.15, 0.2) is 0 Å². The van der Waals surface area contributed by atoms with E-state index in [-0.39, 0.29) is 11.3 Å². The van der Waals surface area contributed by atoms with Crippen molar-refractivity contribution in [2.75, 3.05) is 25.2 Å². The molecule has 1 fully saturated rings. The fraction of sp³-hybridized carbons (Fsp3) is 0.241. The molecule has 7 nitrogen and oxygen atoms in total. The monoisotopic (exact) mass is 487 g/mol. The molecule has 36 heavy (non-hydrogen) atoms. The van der Waals surface area contributed by atoms with Gasteiger partial charge in [0.1, 0.15) is 23.0 Å². The number of carbonyl (C=O) groups is 2. The van der Waals surface area contributed by atoms with E-state index >= 15 is 0 Å². The minimum atomic E-state index is -0.873. The number of carbonyl (C=O) groups excluding carboxylic acids is 2. The van der Waals surface area contributed by atoms with Crippen molar-refractivity contribution >= 4 is 23.1 Å². The van der Waals surface area contributed by atoms with E-state index < -0.39 is 17.7 Å². The number of rotatable bonds is 8. The van der Waals surface area contributed by atoms with Gasteiger partial charge in [-0.3, -0.25) is 14.5 Å². The van der Waals surface area contributed by atoms with Gasteiger partial charge >= 0.3 is 0 Å². The van der Waals surface area contributed by atoms with Crippen molar-refractivity contribution in [2.24, 2.45) is 0 Å². The van der Waals surface area contributed by atoms with E-state index in [2.05, 4.69) is 0 Å². The molecule has 1 N–H and O–H groups in total. The second kappa shape index (κ2) is 10.6. The first-order valence-electron chi connectivity index (χ1n) is 11.8. The van der Waals surface area contributed by atoms with Crippen LogP contribution in [0.3, 0.4) is 0 Å². The molecule has 3 aromatic rings. The van der Waals surface area contributed by atoms with Gasteiger partial charge in [-0.1, -0.05) is 30.3 Å². The summed E-state index contributed by atoms with van der Waals surface area (Å²) in [5, 5.41) is 11.6. The van der Waals surface area contributed by atoms with Crippen molar-refractivity contribution in [3.63, 3.8) is 0 Å². The summed E-state index contributed by atoms with van der Waals surface area (Å²) in [6.07, 6.45) is 0. The smallest absolute Gasteiger partial charge is 0.300 e. The average molecular weight is 488 g/mol. The first-order valence-corrected chi connectivity index (χ1v) is 11.8. The van der Waals surface area contributed by atoms with Crippen LogP contribution in [0.25, 0.3) is 5.76 Å². The summed E-state index contributed by atoms with van der Waals surface area (Å²) in [7, 11) is 1.55. The average Bonchev–Trinajstić information content (AvgIpc) is 3.15. The van der Waals surface area contributed by atoms with Crippen LogP contribution >= 0.6 is 0 Å². The molecule has 1 atom stereocenters. The van der Waals surface area contributed by atoms with Crippen LogP contribution in [0.2, 0.25) is 0 Å². The molecule has 0 bridgehead atoms. The molecule has 186 valence electrons. The molecule has 0 spiro atoms. The number of ketones is 1. The minimum absolute atomic E-state index is 0.0263. The Morgan fingerprint density at radius 1 is 0.917 bits per heavy atom. The van der Waals surface area contributed by atoms with E-state index in [0.717, 1.165) is 5.56 Å². The predicted molar refractivity (Wildman–Crippen MR) is 138 cm³/mol. The summed E-state index contributed by atoms with van der Waals surface area (Å²) >= 11 is 0. The fourth-order valence-electron chi connectivity index (χ4n) is 4.42. The van der Waals surface area contributed by atoms with Gasteiger partial charge in [-0.05, 0) is 62.2 Å². The Morgan fingerprint density at radius 2 is 1.67 bits per heavy atom. The number of aryl methyl sites for hydroxylation is 1. The Kier molecular flexibility index (Phi) is 7.29. The van der Waals surface area contributed by atoms with Gasteiger partial charge in [0.2, 0.25) is 0 Å². The van der Waals surface area contributed by atoms with Gasteiger partial charge in [-0.25, -0.2) is 0 Å². The molecule has 7 heteroatoms. The minimum Gasteiger partial charge on any atom is -0.507 e. The number of ether oxygens (including phenoxy) is 3. The first-order chi connectivity index (χ1) is 17.4. The lowest BCUT2D eigenvalue weighted by molar-refractivity contribution is -0.132. The lowest BCUT2D eigenvalue weighted by Crippen LogP contribution is -2.30. The topological polar surface area (TPSA) is 85.3 Å². The van der Waals surface area contributed by atoms with E-state index in [1.807, 2.05) is 39.0 Å². The summed E-state index contributed by atoms with van der Waals surface area (Å²) in [4.78, 5) is 28.4. The Morgan fingerprint density at radius 3 is 2.36 bits per heavy atom. The zero-order valence-electron chi connectivity index (χ0n) is 20.8. The first kappa shape index (κ1) is 24.9. The summed E-state index contributed by atoms with van der Waals surface area (Å²) in [6, 6.07) is 18.6.